The van der Waals surface area contributed by atoms with Crippen LogP contribution >= 0.6 is 11.6 Å². The number of aromatic nitrogens is 3. The number of hydrogen-bond donors (Lipinski definition) is 2. The van der Waals surface area contributed by atoms with E-state index in [4.69, 9.17) is 11.6 Å². The van der Waals surface area contributed by atoms with E-state index in [9.17, 15) is 4.79 Å². The average molecular weight is 278 g/mol. The van der Waals surface area contributed by atoms with E-state index in [2.05, 4.69) is 25.7 Å². The van der Waals surface area contributed by atoms with Crippen LogP contribution in [0.4, 0.5) is 5.82 Å². The summed E-state index contributed by atoms with van der Waals surface area (Å²) in [5.41, 5.74) is 4.44. The molecule has 0 bridgehead atoms. The Morgan fingerprint density at radius 2 is 2.05 bits per heavy atom. The van der Waals surface area contributed by atoms with Crippen LogP contribution in [0.1, 0.15) is 18.2 Å². The number of rotatable bonds is 3. The van der Waals surface area contributed by atoms with Crippen molar-refractivity contribution in [3.63, 3.8) is 0 Å². The Morgan fingerprint density at radius 3 is 2.74 bits per heavy atom. The van der Waals surface area contributed by atoms with Crippen LogP contribution in [-0.2, 0) is 0 Å². The second-order valence-electron chi connectivity index (χ2n) is 3.89. The van der Waals surface area contributed by atoms with Gasteiger partial charge in [0, 0.05) is 5.02 Å². The fourth-order valence-corrected chi connectivity index (χ4v) is 1.52. The maximum Gasteiger partial charge on any atom is 0.363 e. The lowest BCUT2D eigenvalue weighted by Crippen LogP contribution is -2.16. The zero-order valence-corrected chi connectivity index (χ0v) is 11.2. The molecule has 0 radical (unpaired) electrons. The molecule has 0 spiro atoms. The lowest BCUT2D eigenvalue weighted by Gasteiger charge is -2.04. The molecule has 0 atom stereocenters. The summed E-state index contributed by atoms with van der Waals surface area (Å²) >= 11 is 5.82. The van der Waals surface area contributed by atoms with E-state index >= 15 is 0 Å². The predicted molar refractivity (Wildman–Crippen MR) is 74.7 cm³/mol. The molecule has 2 N–H and O–H groups in total. The molecule has 6 nitrogen and oxygen atoms in total. The number of anilines is 1. The van der Waals surface area contributed by atoms with Crippen LogP contribution < -0.4 is 11.1 Å². The van der Waals surface area contributed by atoms with Gasteiger partial charge in [-0.25, -0.2) is 9.89 Å². The van der Waals surface area contributed by atoms with Crippen LogP contribution in [0, 0.1) is 6.92 Å². The maximum atomic E-state index is 11.1. The molecule has 1 heterocycles. The number of nitrogens with one attached hydrogen (secondary N) is 2. The molecule has 0 unspecified atom stereocenters. The summed E-state index contributed by atoms with van der Waals surface area (Å²) in [5, 5.41) is 10.9. The number of hydrazone groups is 1. The molecule has 0 saturated heterocycles. The van der Waals surface area contributed by atoms with Gasteiger partial charge in [-0.2, -0.15) is 15.2 Å². The van der Waals surface area contributed by atoms with Gasteiger partial charge in [-0.15, -0.1) is 0 Å². The zero-order valence-electron chi connectivity index (χ0n) is 10.4. The zero-order chi connectivity index (χ0) is 13.8. The number of halogens is 1. The largest absolute Gasteiger partial charge is 0.363 e. The van der Waals surface area contributed by atoms with Crippen molar-refractivity contribution < 1.29 is 0 Å². The number of benzene rings is 1. The number of nitrogens with zero attached hydrogens (tertiary/aromatic N) is 3. The molecule has 98 valence electrons. The number of H-pyrrole nitrogens is 1. The fourth-order valence-electron chi connectivity index (χ4n) is 1.39. The number of aryl methyl sites for hydroxylation is 1. The van der Waals surface area contributed by atoms with Crippen molar-refractivity contribution >= 4 is 23.1 Å². The van der Waals surface area contributed by atoms with Crippen molar-refractivity contribution in [1.29, 1.82) is 0 Å². The highest BCUT2D eigenvalue weighted by Crippen LogP contribution is 2.11. The molecule has 0 aliphatic carbocycles. The van der Waals surface area contributed by atoms with Gasteiger partial charge in [-0.3, -0.25) is 5.43 Å². The topological polar surface area (TPSA) is 83.0 Å². The standard InChI is InChI=1S/C12H12ClN5O/c1-7(9-3-5-10(13)6-4-9)15-17-11-8(2)16-18-12(19)14-11/h3-6H,1-2H3,(H2,14,17,18,19)/b15-7-. The van der Waals surface area contributed by atoms with Crippen molar-refractivity contribution in [2.24, 2.45) is 5.10 Å². The van der Waals surface area contributed by atoms with Gasteiger partial charge in [0.1, 0.15) is 5.69 Å². The van der Waals surface area contributed by atoms with Crippen LogP contribution in [0.25, 0.3) is 0 Å². The first kappa shape index (κ1) is 13.2. The third-order valence-corrected chi connectivity index (χ3v) is 2.72. The molecule has 0 fully saturated rings. The third-order valence-electron chi connectivity index (χ3n) is 2.47. The van der Waals surface area contributed by atoms with E-state index in [1.807, 2.05) is 19.1 Å². The molecule has 0 aliphatic heterocycles. The molecule has 0 amide bonds. The summed E-state index contributed by atoms with van der Waals surface area (Å²) in [4.78, 5) is 14.8. The van der Waals surface area contributed by atoms with Gasteiger partial charge in [0.15, 0.2) is 5.82 Å². The maximum absolute atomic E-state index is 11.1. The summed E-state index contributed by atoms with van der Waals surface area (Å²) in [6, 6.07) is 7.29. The van der Waals surface area contributed by atoms with E-state index in [1.54, 1.807) is 19.1 Å². The second-order valence-corrected chi connectivity index (χ2v) is 4.33. The lowest BCUT2D eigenvalue weighted by molar-refractivity contribution is 0.879. The Labute approximate surface area is 114 Å². The minimum absolute atomic E-state index is 0.331. The van der Waals surface area contributed by atoms with Gasteiger partial charge < -0.3 is 0 Å². The Kier molecular flexibility index (Phi) is 3.91. The summed E-state index contributed by atoms with van der Waals surface area (Å²) in [6.45, 7) is 3.56. The lowest BCUT2D eigenvalue weighted by atomic mass is 10.1. The predicted octanol–water partition coefficient (Wildman–Crippen LogP) is 1.96. The summed E-state index contributed by atoms with van der Waals surface area (Å²) in [7, 11) is 0. The van der Waals surface area contributed by atoms with Crippen LogP contribution in [0.5, 0.6) is 0 Å². The normalized spacial score (nSPS) is 11.4. The molecule has 19 heavy (non-hydrogen) atoms. The van der Waals surface area contributed by atoms with Crippen LogP contribution in [0.3, 0.4) is 0 Å². The first-order valence-corrected chi connectivity index (χ1v) is 5.93. The van der Waals surface area contributed by atoms with Crippen molar-refractivity contribution in [1.82, 2.24) is 15.2 Å². The van der Waals surface area contributed by atoms with Gasteiger partial charge in [-0.05, 0) is 31.5 Å². The molecule has 1 aromatic heterocycles. The monoisotopic (exact) mass is 277 g/mol. The van der Waals surface area contributed by atoms with Gasteiger partial charge in [0.25, 0.3) is 0 Å². The minimum atomic E-state index is -0.521. The van der Waals surface area contributed by atoms with Gasteiger partial charge >= 0.3 is 5.69 Å². The van der Waals surface area contributed by atoms with Gasteiger partial charge in [0.2, 0.25) is 0 Å². The second kappa shape index (κ2) is 5.62. The molecule has 0 saturated carbocycles. The van der Waals surface area contributed by atoms with Crippen molar-refractivity contribution in [3.05, 3.63) is 51.0 Å². The van der Waals surface area contributed by atoms with E-state index in [0.29, 0.717) is 16.5 Å². The molecular formula is C12H12ClN5O. The Hall–Kier alpha value is -2.21. The van der Waals surface area contributed by atoms with Gasteiger partial charge in [-0.1, -0.05) is 23.7 Å². The highest BCUT2D eigenvalue weighted by molar-refractivity contribution is 6.30. The van der Waals surface area contributed by atoms with Crippen LogP contribution in [0.15, 0.2) is 34.2 Å². The number of aromatic amines is 1. The summed E-state index contributed by atoms with van der Waals surface area (Å²) in [5.74, 6) is 0.331. The molecule has 1 aromatic carbocycles. The average Bonchev–Trinajstić information content (AvgIpc) is 2.40. The smallest absolute Gasteiger partial charge is 0.259 e. The highest BCUT2D eigenvalue weighted by Gasteiger charge is 2.02. The SMILES string of the molecule is C/C(=N/Nc1nc(=O)[nH]nc1C)c1ccc(Cl)cc1. The van der Waals surface area contributed by atoms with E-state index < -0.39 is 5.69 Å². The van der Waals surface area contributed by atoms with Gasteiger partial charge in [0.05, 0.1) is 5.71 Å². The van der Waals surface area contributed by atoms with E-state index in [-0.39, 0.29) is 0 Å². The Balaban J connectivity index is 2.20. The Bertz CT molecular complexity index is 663. The molecule has 2 rings (SSSR count). The highest BCUT2D eigenvalue weighted by atomic mass is 35.5. The molecule has 0 aliphatic rings. The molecular weight excluding hydrogens is 266 g/mol. The number of hydrogen-bond acceptors (Lipinski definition) is 5. The quantitative estimate of drug-likeness (QED) is 0.664. The molecule has 2 aromatic rings. The van der Waals surface area contributed by atoms with Crippen LogP contribution in [0.2, 0.25) is 5.02 Å². The third kappa shape index (κ3) is 3.38. The van der Waals surface area contributed by atoms with E-state index in [1.165, 1.54) is 0 Å². The fraction of sp³-hybridized carbons (Fsp3) is 0.167. The van der Waals surface area contributed by atoms with E-state index in [0.717, 1.165) is 11.3 Å². The van der Waals surface area contributed by atoms with Crippen molar-refractivity contribution in [2.75, 3.05) is 5.43 Å². The first-order chi connectivity index (χ1) is 9.06. The minimum Gasteiger partial charge on any atom is -0.259 e. The summed E-state index contributed by atoms with van der Waals surface area (Å²) < 4.78 is 0. The first-order valence-electron chi connectivity index (χ1n) is 5.56. The van der Waals surface area contributed by atoms with Crippen LogP contribution in [-0.4, -0.2) is 20.9 Å². The summed E-state index contributed by atoms with van der Waals surface area (Å²) in [6.07, 6.45) is 0. The van der Waals surface area contributed by atoms with Crippen molar-refractivity contribution in [2.45, 2.75) is 13.8 Å². The molecule has 7 heteroatoms. The van der Waals surface area contributed by atoms with Crippen molar-refractivity contribution in [3.8, 4) is 0 Å². The Morgan fingerprint density at radius 1 is 1.37 bits per heavy atom.